The molecular formula is C17H26F2N2. The van der Waals surface area contributed by atoms with Gasteiger partial charge in [0.05, 0.1) is 0 Å². The molecule has 1 aliphatic rings. The fourth-order valence-corrected chi connectivity index (χ4v) is 3.33. The second kappa shape index (κ2) is 7.85. The Balaban J connectivity index is 1.96. The Morgan fingerprint density at radius 3 is 2.62 bits per heavy atom. The summed E-state index contributed by atoms with van der Waals surface area (Å²) in [5.41, 5.74) is 0.410. The van der Waals surface area contributed by atoms with E-state index in [1.165, 1.54) is 32.1 Å². The van der Waals surface area contributed by atoms with Gasteiger partial charge in [0.2, 0.25) is 0 Å². The molecule has 1 atom stereocenters. The summed E-state index contributed by atoms with van der Waals surface area (Å²) in [5.74, 6) is -0.760. The van der Waals surface area contributed by atoms with E-state index in [0.717, 1.165) is 18.5 Å². The molecule has 0 aromatic heterocycles. The van der Waals surface area contributed by atoms with E-state index in [0.29, 0.717) is 12.1 Å². The number of halogens is 2. The molecule has 1 aliphatic carbocycles. The number of benzene rings is 1. The molecule has 0 heterocycles. The number of likely N-dealkylation sites (N-methyl/N-ethyl adjacent to an activating group) is 2. The smallest absolute Gasteiger partial charge is 0.163 e. The maximum Gasteiger partial charge on any atom is 0.163 e. The van der Waals surface area contributed by atoms with E-state index in [9.17, 15) is 8.78 Å². The van der Waals surface area contributed by atoms with Crippen molar-refractivity contribution in [2.24, 2.45) is 5.92 Å². The molecular weight excluding hydrogens is 270 g/mol. The van der Waals surface area contributed by atoms with Crippen molar-refractivity contribution >= 4 is 0 Å². The molecule has 0 radical (unpaired) electrons. The number of hydrogen-bond donors (Lipinski definition) is 1. The number of nitrogens with one attached hydrogen (secondary N) is 1. The molecule has 118 valence electrons. The van der Waals surface area contributed by atoms with Crippen molar-refractivity contribution in [3.63, 3.8) is 0 Å². The predicted octanol–water partition coefficient (Wildman–Crippen LogP) is 3.74. The van der Waals surface area contributed by atoms with Gasteiger partial charge in [-0.3, -0.25) is 0 Å². The average Bonchev–Trinajstić information content (AvgIpc) is 2.49. The second-order valence-electron chi connectivity index (χ2n) is 6.21. The summed E-state index contributed by atoms with van der Waals surface area (Å²) >= 11 is 0. The highest BCUT2D eigenvalue weighted by molar-refractivity contribution is 5.22. The van der Waals surface area contributed by atoms with E-state index in [-0.39, 0.29) is 6.04 Å². The third-order valence-electron chi connectivity index (χ3n) is 4.49. The molecule has 0 bridgehead atoms. The molecule has 2 nitrogen and oxygen atoms in total. The van der Waals surface area contributed by atoms with Crippen molar-refractivity contribution in [3.8, 4) is 0 Å². The highest BCUT2D eigenvalue weighted by Gasteiger charge is 2.20. The third kappa shape index (κ3) is 4.48. The van der Waals surface area contributed by atoms with Gasteiger partial charge in [0.1, 0.15) is 0 Å². The molecule has 1 saturated carbocycles. The molecule has 0 spiro atoms. The van der Waals surface area contributed by atoms with Gasteiger partial charge in [-0.15, -0.1) is 0 Å². The van der Waals surface area contributed by atoms with Crippen molar-refractivity contribution in [1.29, 1.82) is 0 Å². The molecule has 0 saturated heterocycles. The highest BCUT2D eigenvalue weighted by Crippen LogP contribution is 2.25. The van der Waals surface area contributed by atoms with Crippen LogP contribution in [0, 0.1) is 17.6 Å². The fraction of sp³-hybridized carbons (Fsp3) is 0.647. The number of nitrogens with zero attached hydrogens (tertiary/aromatic N) is 1. The first-order valence-electron chi connectivity index (χ1n) is 7.91. The van der Waals surface area contributed by atoms with Crippen LogP contribution in [0.3, 0.4) is 0 Å². The summed E-state index contributed by atoms with van der Waals surface area (Å²) in [4.78, 5) is 2.24. The molecule has 1 fully saturated rings. The van der Waals surface area contributed by atoms with Crippen LogP contribution in [0.4, 0.5) is 8.78 Å². The van der Waals surface area contributed by atoms with Crippen LogP contribution < -0.4 is 5.32 Å². The van der Waals surface area contributed by atoms with Crippen LogP contribution in [0.5, 0.6) is 0 Å². The molecule has 21 heavy (non-hydrogen) atoms. The van der Waals surface area contributed by atoms with Gasteiger partial charge < -0.3 is 10.2 Å². The van der Waals surface area contributed by atoms with Crippen molar-refractivity contribution < 1.29 is 8.78 Å². The van der Waals surface area contributed by atoms with E-state index < -0.39 is 11.6 Å². The van der Waals surface area contributed by atoms with E-state index >= 15 is 0 Å². The van der Waals surface area contributed by atoms with Gasteiger partial charge in [-0.1, -0.05) is 31.4 Å². The lowest BCUT2D eigenvalue weighted by Gasteiger charge is -2.30. The van der Waals surface area contributed by atoms with E-state index in [2.05, 4.69) is 17.3 Å². The number of rotatable bonds is 6. The average molecular weight is 296 g/mol. The number of hydrogen-bond acceptors (Lipinski definition) is 2. The zero-order valence-corrected chi connectivity index (χ0v) is 13.0. The van der Waals surface area contributed by atoms with Gasteiger partial charge in [-0.2, -0.15) is 0 Å². The van der Waals surface area contributed by atoms with Crippen LogP contribution in [-0.4, -0.2) is 32.1 Å². The maximum absolute atomic E-state index is 13.9. The molecule has 1 unspecified atom stereocenters. The zero-order chi connectivity index (χ0) is 15.2. The molecule has 1 N–H and O–H groups in total. The SMILES string of the molecule is CNC(CN(C)CC1CCCCC1)c1cccc(F)c1F. The normalized spacial score (nSPS) is 18.1. The van der Waals surface area contributed by atoms with Gasteiger partial charge in [0.15, 0.2) is 11.6 Å². The Labute approximate surface area is 126 Å². The maximum atomic E-state index is 13.9. The van der Waals surface area contributed by atoms with Crippen LogP contribution >= 0.6 is 0 Å². The van der Waals surface area contributed by atoms with Crippen molar-refractivity contribution in [3.05, 3.63) is 35.4 Å². The summed E-state index contributed by atoms with van der Waals surface area (Å²) in [6.07, 6.45) is 6.60. The predicted molar refractivity (Wildman–Crippen MR) is 82.2 cm³/mol. The monoisotopic (exact) mass is 296 g/mol. The summed E-state index contributed by atoms with van der Waals surface area (Å²) in [7, 11) is 3.86. The molecule has 1 aromatic carbocycles. The van der Waals surface area contributed by atoms with E-state index in [1.807, 2.05) is 0 Å². The summed E-state index contributed by atoms with van der Waals surface area (Å²) in [6.45, 7) is 1.72. The molecule has 0 amide bonds. The second-order valence-corrected chi connectivity index (χ2v) is 6.21. The van der Waals surface area contributed by atoms with Gasteiger partial charge in [0.25, 0.3) is 0 Å². The van der Waals surface area contributed by atoms with Gasteiger partial charge in [-0.05, 0) is 38.9 Å². The van der Waals surface area contributed by atoms with Gasteiger partial charge in [-0.25, -0.2) is 8.78 Å². The Bertz CT molecular complexity index is 444. The highest BCUT2D eigenvalue weighted by atomic mass is 19.2. The van der Waals surface area contributed by atoms with Crippen LogP contribution in [0.1, 0.15) is 43.7 Å². The quantitative estimate of drug-likeness (QED) is 0.860. The Kier molecular flexibility index (Phi) is 6.12. The van der Waals surface area contributed by atoms with Crippen LogP contribution in [0.25, 0.3) is 0 Å². The Morgan fingerprint density at radius 2 is 1.95 bits per heavy atom. The van der Waals surface area contributed by atoms with E-state index in [1.54, 1.807) is 19.2 Å². The van der Waals surface area contributed by atoms with Gasteiger partial charge >= 0.3 is 0 Å². The van der Waals surface area contributed by atoms with E-state index in [4.69, 9.17) is 0 Å². The minimum Gasteiger partial charge on any atom is -0.312 e. The minimum absolute atomic E-state index is 0.186. The lowest BCUT2D eigenvalue weighted by molar-refractivity contribution is 0.216. The summed E-state index contributed by atoms with van der Waals surface area (Å²) in [6, 6.07) is 4.21. The van der Waals surface area contributed by atoms with Crippen LogP contribution in [-0.2, 0) is 0 Å². The first-order chi connectivity index (χ1) is 10.1. The Morgan fingerprint density at radius 1 is 1.24 bits per heavy atom. The van der Waals surface area contributed by atoms with Crippen molar-refractivity contribution in [2.45, 2.75) is 38.1 Å². The first-order valence-corrected chi connectivity index (χ1v) is 7.91. The molecule has 4 heteroatoms. The standard InChI is InChI=1S/C17H26F2N2/c1-20-16(14-9-6-10-15(18)17(14)19)12-21(2)11-13-7-4-3-5-8-13/h6,9-10,13,16,20H,3-5,7-8,11-12H2,1-2H3. The summed E-state index contributed by atoms with van der Waals surface area (Å²) < 4.78 is 27.3. The Hall–Kier alpha value is -1.00. The largest absolute Gasteiger partial charge is 0.312 e. The topological polar surface area (TPSA) is 15.3 Å². The zero-order valence-electron chi connectivity index (χ0n) is 13.0. The lowest BCUT2D eigenvalue weighted by Crippen LogP contribution is -2.35. The molecule has 0 aliphatic heterocycles. The third-order valence-corrected chi connectivity index (χ3v) is 4.49. The lowest BCUT2D eigenvalue weighted by atomic mass is 9.89. The van der Waals surface area contributed by atoms with Gasteiger partial charge in [0, 0.05) is 24.7 Å². The minimum atomic E-state index is -0.775. The fourth-order valence-electron chi connectivity index (χ4n) is 3.33. The molecule has 1 aromatic rings. The van der Waals surface area contributed by atoms with Crippen molar-refractivity contribution in [2.75, 3.05) is 27.2 Å². The molecule has 2 rings (SSSR count). The van der Waals surface area contributed by atoms with Crippen molar-refractivity contribution in [1.82, 2.24) is 10.2 Å². The summed E-state index contributed by atoms with van der Waals surface area (Å²) in [5, 5.41) is 3.11. The first kappa shape index (κ1) is 16.4. The van der Waals surface area contributed by atoms with Crippen LogP contribution in [0.2, 0.25) is 0 Å². The van der Waals surface area contributed by atoms with Crippen LogP contribution in [0.15, 0.2) is 18.2 Å².